The van der Waals surface area contributed by atoms with Gasteiger partial charge in [-0.05, 0) is 52.2 Å². The van der Waals surface area contributed by atoms with Gasteiger partial charge < -0.3 is 10.2 Å². The van der Waals surface area contributed by atoms with Gasteiger partial charge in [-0.3, -0.25) is 0 Å². The fraction of sp³-hybridized carbons (Fsp3) is 1.00. The molecule has 0 saturated heterocycles. The van der Waals surface area contributed by atoms with E-state index in [1.165, 1.54) is 44.5 Å². The summed E-state index contributed by atoms with van der Waals surface area (Å²) in [5.74, 6) is 1.26. The molecule has 0 radical (unpaired) electrons. The summed E-state index contributed by atoms with van der Waals surface area (Å²) in [5, 5.41) is 4.61. The van der Waals surface area contributed by atoms with Gasteiger partial charge in [-0.15, -0.1) is 0 Å². The quantitative estimate of drug-likeness (QED) is 0.675. The molecule has 0 spiro atoms. The fourth-order valence-corrected chi connectivity index (χ4v) is 3.48. The standard InChI is InChI=1S/C12H26N2S/c1-4-15-12-8-5-7-11(12)13-9-6-10-14(2)3/h11-13H,4-10H2,1-3H3. The second-order valence-corrected chi connectivity index (χ2v) is 6.16. The Bertz CT molecular complexity index is 162. The Kier molecular flexibility index (Phi) is 6.69. The van der Waals surface area contributed by atoms with E-state index in [1.54, 1.807) is 0 Å². The van der Waals surface area contributed by atoms with Crippen LogP contribution in [0.15, 0.2) is 0 Å². The van der Waals surface area contributed by atoms with Gasteiger partial charge in [0.25, 0.3) is 0 Å². The predicted molar refractivity (Wildman–Crippen MR) is 70.7 cm³/mol. The van der Waals surface area contributed by atoms with Crippen LogP contribution in [-0.2, 0) is 0 Å². The third-order valence-electron chi connectivity index (χ3n) is 3.02. The first kappa shape index (κ1) is 13.3. The summed E-state index contributed by atoms with van der Waals surface area (Å²) in [5.41, 5.74) is 0. The third-order valence-corrected chi connectivity index (χ3v) is 4.35. The van der Waals surface area contributed by atoms with Gasteiger partial charge in [0.2, 0.25) is 0 Å². The molecule has 0 bridgehead atoms. The lowest BCUT2D eigenvalue weighted by molar-refractivity contribution is 0.387. The molecule has 1 rings (SSSR count). The van der Waals surface area contributed by atoms with Crippen LogP contribution < -0.4 is 5.32 Å². The van der Waals surface area contributed by atoms with E-state index in [0.29, 0.717) is 0 Å². The summed E-state index contributed by atoms with van der Waals surface area (Å²) in [6, 6.07) is 0.789. The highest BCUT2D eigenvalue weighted by atomic mass is 32.2. The molecule has 0 aromatic carbocycles. The third kappa shape index (κ3) is 5.23. The van der Waals surface area contributed by atoms with E-state index in [1.807, 2.05) is 0 Å². The zero-order valence-electron chi connectivity index (χ0n) is 10.5. The average molecular weight is 230 g/mol. The normalized spacial score (nSPS) is 26.4. The highest BCUT2D eigenvalue weighted by molar-refractivity contribution is 7.99. The monoisotopic (exact) mass is 230 g/mol. The molecule has 0 aliphatic heterocycles. The first-order valence-corrected chi connectivity index (χ1v) is 7.28. The Morgan fingerprint density at radius 2 is 2.13 bits per heavy atom. The molecule has 1 aliphatic carbocycles. The molecule has 0 aromatic heterocycles. The van der Waals surface area contributed by atoms with Crippen molar-refractivity contribution in [3.05, 3.63) is 0 Å². The molecule has 1 aliphatic rings. The van der Waals surface area contributed by atoms with Crippen LogP contribution in [0.2, 0.25) is 0 Å². The number of rotatable bonds is 7. The Labute approximate surface area is 99.2 Å². The van der Waals surface area contributed by atoms with Crippen molar-refractivity contribution >= 4 is 11.8 Å². The second kappa shape index (κ2) is 7.53. The van der Waals surface area contributed by atoms with Crippen molar-refractivity contribution in [3.8, 4) is 0 Å². The van der Waals surface area contributed by atoms with Crippen molar-refractivity contribution in [2.45, 2.75) is 43.9 Å². The number of nitrogens with zero attached hydrogens (tertiary/aromatic N) is 1. The molecule has 1 saturated carbocycles. The highest BCUT2D eigenvalue weighted by Crippen LogP contribution is 2.29. The maximum Gasteiger partial charge on any atom is 0.0201 e. The van der Waals surface area contributed by atoms with E-state index in [2.05, 4.69) is 43.0 Å². The van der Waals surface area contributed by atoms with Crippen molar-refractivity contribution in [1.29, 1.82) is 0 Å². The summed E-state index contributed by atoms with van der Waals surface area (Å²) >= 11 is 2.14. The molecule has 2 atom stereocenters. The summed E-state index contributed by atoms with van der Waals surface area (Å²) in [6.45, 7) is 4.65. The van der Waals surface area contributed by atoms with Crippen molar-refractivity contribution in [2.24, 2.45) is 0 Å². The van der Waals surface area contributed by atoms with Crippen molar-refractivity contribution < 1.29 is 0 Å². The SMILES string of the molecule is CCSC1CCCC1NCCCN(C)C. The van der Waals surface area contributed by atoms with E-state index in [0.717, 1.165) is 11.3 Å². The van der Waals surface area contributed by atoms with Gasteiger partial charge in [0.15, 0.2) is 0 Å². The Hall–Kier alpha value is 0.270. The van der Waals surface area contributed by atoms with E-state index in [-0.39, 0.29) is 0 Å². The molecule has 0 amide bonds. The number of hydrogen-bond donors (Lipinski definition) is 1. The van der Waals surface area contributed by atoms with Crippen LogP contribution >= 0.6 is 11.8 Å². The summed E-state index contributed by atoms with van der Waals surface area (Å²) in [4.78, 5) is 2.26. The molecule has 15 heavy (non-hydrogen) atoms. The lowest BCUT2D eigenvalue weighted by Crippen LogP contribution is -2.35. The van der Waals surface area contributed by atoms with Crippen LogP contribution in [0.4, 0.5) is 0 Å². The van der Waals surface area contributed by atoms with Gasteiger partial charge in [-0.25, -0.2) is 0 Å². The van der Waals surface area contributed by atoms with Crippen LogP contribution in [0.1, 0.15) is 32.6 Å². The molecule has 1 N–H and O–H groups in total. The molecule has 0 aromatic rings. The van der Waals surface area contributed by atoms with Gasteiger partial charge >= 0.3 is 0 Å². The zero-order chi connectivity index (χ0) is 11.1. The number of thioether (sulfide) groups is 1. The van der Waals surface area contributed by atoms with Crippen molar-refractivity contribution in [2.75, 3.05) is 32.9 Å². The molecule has 1 fully saturated rings. The van der Waals surface area contributed by atoms with Gasteiger partial charge in [0, 0.05) is 11.3 Å². The van der Waals surface area contributed by atoms with Crippen LogP contribution in [0, 0.1) is 0 Å². The van der Waals surface area contributed by atoms with Crippen molar-refractivity contribution in [3.63, 3.8) is 0 Å². The molecule has 2 unspecified atom stereocenters. The number of hydrogen-bond acceptors (Lipinski definition) is 3. The summed E-state index contributed by atoms with van der Waals surface area (Å²) in [6.07, 6.45) is 5.50. The lowest BCUT2D eigenvalue weighted by Gasteiger charge is -2.20. The Morgan fingerprint density at radius 1 is 1.33 bits per heavy atom. The maximum atomic E-state index is 3.72. The summed E-state index contributed by atoms with van der Waals surface area (Å²) in [7, 11) is 4.29. The first-order chi connectivity index (χ1) is 7.24. The van der Waals surface area contributed by atoms with Crippen LogP contribution in [0.5, 0.6) is 0 Å². The molecule has 3 heteroatoms. The molecule has 0 heterocycles. The topological polar surface area (TPSA) is 15.3 Å². The largest absolute Gasteiger partial charge is 0.313 e. The minimum absolute atomic E-state index is 0.789. The van der Waals surface area contributed by atoms with Gasteiger partial charge in [0.1, 0.15) is 0 Å². The summed E-state index contributed by atoms with van der Waals surface area (Å²) < 4.78 is 0. The predicted octanol–water partition coefficient (Wildman–Crippen LogP) is 2.20. The average Bonchev–Trinajstić information content (AvgIpc) is 2.61. The smallest absolute Gasteiger partial charge is 0.0201 e. The zero-order valence-corrected chi connectivity index (χ0v) is 11.3. The molecule has 90 valence electrons. The van der Waals surface area contributed by atoms with Crippen LogP contribution in [0.3, 0.4) is 0 Å². The Balaban J connectivity index is 2.09. The van der Waals surface area contributed by atoms with E-state index in [4.69, 9.17) is 0 Å². The van der Waals surface area contributed by atoms with E-state index in [9.17, 15) is 0 Å². The Morgan fingerprint density at radius 3 is 2.80 bits per heavy atom. The minimum atomic E-state index is 0.789. The molecular weight excluding hydrogens is 204 g/mol. The second-order valence-electron chi connectivity index (χ2n) is 4.64. The highest BCUT2D eigenvalue weighted by Gasteiger charge is 2.26. The van der Waals surface area contributed by atoms with Crippen LogP contribution in [0.25, 0.3) is 0 Å². The number of nitrogens with one attached hydrogen (secondary N) is 1. The van der Waals surface area contributed by atoms with Gasteiger partial charge in [-0.2, -0.15) is 11.8 Å². The maximum absolute atomic E-state index is 3.72. The minimum Gasteiger partial charge on any atom is -0.313 e. The lowest BCUT2D eigenvalue weighted by atomic mass is 10.2. The fourth-order valence-electron chi connectivity index (χ4n) is 2.26. The van der Waals surface area contributed by atoms with Crippen molar-refractivity contribution in [1.82, 2.24) is 10.2 Å². The van der Waals surface area contributed by atoms with Gasteiger partial charge in [0.05, 0.1) is 0 Å². The van der Waals surface area contributed by atoms with E-state index < -0.39 is 0 Å². The molecule has 2 nitrogen and oxygen atoms in total. The van der Waals surface area contributed by atoms with Gasteiger partial charge in [-0.1, -0.05) is 13.3 Å². The van der Waals surface area contributed by atoms with E-state index >= 15 is 0 Å². The van der Waals surface area contributed by atoms with Crippen LogP contribution in [-0.4, -0.2) is 49.1 Å². The molecular formula is C12H26N2S. The first-order valence-electron chi connectivity index (χ1n) is 6.23.